The van der Waals surface area contributed by atoms with Gasteiger partial charge in [-0.3, -0.25) is 4.79 Å². The Kier molecular flexibility index (Phi) is 6.86. The molecule has 0 bridgehead atoms. The topological polar surface area (TPSA) is 78.9 Å². The van der Waals surface area contributed by atoms with Gasteiger partial charge in [0, 0.05) is 18.5 Å². The van der Waals surface area contributed by atoms with Crippen LogP contribution >= 0.6 is 0 Å². The third-order valence-corrected chi connectivity index (χ3v) is 5.69. The second-order valence-electron chi connectivity index (χ2n) is 10.1. The number of ether oxygens (including phenoxy) is 1. The lowest BCUT2D eigenvalue weighted by Gasteiger charge is -2.51. The first-order valence-corrected chi connectivity index (χ1v) is 10.4. The Morgan fingerprint density at radius 3 is 2.23 bits per heavy atom. The van der Waals surface area contributed by atoms with Crippen molar-refractivity contribution in [3.05, 3.63) is 35.6 Å². The van der Waals surface area contributed by atoms with E-state index in [1.807, 2.05) is 27.7 Å². The summed E-state index contributed by atoms with van der Waals surface area (Å²) < 4.78 is 18.6. The number of nitrogens with one attached hydrogen (secondary N) is 1. The monoisotopic (exact) mass is 422 g/mol. The molecular formula is C23H35FN2O4. The van der Waals surface area contributed by atoms with Gasteiger partial charge in [0.25, 0.3) is 0 Å². The van der Waals surface area contributed by atoms with E-state index in [2.05, 4.69) is 5.32 Å². The lowest BCUT2D eigenvalue weighted by molar-refractivity contribution is -0.155. The minimum Gasteiger partial charge on any atom is -0.444 e. The van der Waals surface area contributed by atoms with Crippen LogP contribution < -0.4 is 5.32 Å². The van der Waals surface area contributed by atoms with Gasteiger partial charge in [-0.2, -0.15) is 0 Å². The van der Waals surface area contributed by atoms with E-state index in [1.165, 1.54) is 12.1 Å². The molecule has 2 unspecified atom stereocenters. The summed E-state index contributed by atoms with van der Waals surface area (Å²) in [5.41, 5.74) is -1.89. The van der Waals surface area contributed by atoms with Crippen molar-refractivity contribution < 1.29 is 23.8 Å². The third kappa shape index (κ3) is 5.31. The standard InChI is InChI=1S/C23H35FN2O4/c1-15(2)18(25-20(28)30-21(3,4)5)19(27)26-13-12-23(29,22(6,7)14-26)16-8-10-17(24)11-9-16/h8-11,15,18,29H,12-14H2,1-7H3,(H,25,28). The van der Waals surface area contributed by atoms with Gasteiger partial charge in [0.05, 0.1) is 5.60 Å². The van der Waals surface area contributed by atoms with Gasteiger partial charge in [-0.25, -0.2) is 9.18 Å². The quantitative estimate of drug-likeness (QED) is 0.773. The van der Waals surface area contributed by atoms with E-state index in [0.29, 0.717) is 25.1 Å². The first-order chi connectivity index (χ1) is 13.7. The molecule has 0 aliphatic carbocycles. The number of carbonyl (C=O) groups is 2. The second-order valence-corrected chi connectivity index (χ2v) is 10.1. The zero-order valence-electron chi connectivity index (χ0n) is 19.1. The molecule has 168 valence electrons. The van der Waals surface area contributed by atoms with Crippen LogP contribution in [-0.2, 0) is 15.1 Å². The van der Waals surface area contributed by atoms with Crippen molar-refractivity contribution >= 4 is 12.0 Å². The van der Waals surface area contributed by atoms with E-state index in [0.717, 1.165) is 0 Å². The van der Waals surface area contributed by atoms with Crippen LogP contribution in [0.15, 0.2) is 24.3 Å². The molecule has 1 fully saturated rings. The molecule has 30 heavy (non-hydrogen) atoms. The van der Waals surface area contributed by atoms with Crippen molar-refractivity contribution in [1.82, 2.24) is 10.2 Å². The molecule has 1 aromatic carbocycles. The molecule has 2 amide bonds. The molecule has 0 saturated carbocycles. The molecule has 2 atom stereocenters. The average Bonchev–Trinajstić information content (AvgIpc) is 2.60. The molecule has 2 rings (SSSR count). The summed E-state index contributed by atoms with van der Waals surface area (Å²) in [4.78, 5) is 27.2. The van der Waals surface area contributed by atoms with Gasteiger partial charge in [0.15, 0.2) is 0 Å². The lowest BCUT2D eigenvalue weighted by atomic mass is 9.66. The van der Waals surface area contributed by atoms with E-state index >= 15 is 0 Å². The molecule has 2 N–H and O–H groups in total. The maximum absolute atomic E-state index is 13.3. The zero-order chi connectivity index (χ0) is 22.9. The maximum atomic E-state index is 13.3. The molecule has 0 radical (unpaired) electrons. The number of benzene rings is 1. The molecular weight excluding hydrogens is 387 g/mol. The number of rotatable bonds is 4. The van der Waals surface area contributed by atoms with Crippen molar-refractivity contribution in [2.24, 2.45) is 11.3 Å². The number of aliphatic hydroxyl groups is 1. The molecule has 1 aliphatic heterocycles. The van der Waals surface area contributed by atoms with E-state index in [1.54, 1.807) is 37.8 Å². The fourth-order valence-electron chi connectivity index (χ4n) is 3.92. The van der Waals surface area contributed by atoms with Crippen molar-refractivity contribution in [2.75, 3.05) is 13.1 Å². The number of alkyl carbamates (subject to hydrolysis) is 1. The van der Waals surface area contributed by atoms with Crippen molar-refractivity contribution in [3.8, 4) is 0 Å². The van der Waals surface area contributed by atoms with E-state index in [4.69, 9.17) is 4.74 Å². The first-order valence-electron chi connectivity index (χ1n) is 10.4. The fraction of sp³-hybridized carbons (Fsp3) is 0.652. The highest BCUT2D eigenvalue weighted by atomic mass is 19.1. The smallest absolute Gasteiger partial charge is 0.408 e. The second kappa shape index (κ2) is 8.53. The molecule has 1 heterocycles. The van der Waals surface area contributed by atoms with Crippen LogP contribution in [0.4, 0.5) is 9.18 Å². The lowest BCUT2D eigenvalue weighted by Crippen LogP contribution is -2.60. The summed E-state index contributed by atoms with van der Waals surface area (Å²) in [5, 5.41) is 14.1. The molecule has 6 nitrogen and oxygen atoms in total. The van der Waals surface area contributed by atoms with Crippen molar-refractivity contribution in [1.29, 1.82) is 0 Å². The number of hydrogen-bond acceptors (Lipinski definition) is 4. The predicted octanol–water partition coefficient (Wildman–Crippen LogP) is 3.82. The van der Waals surface area contributed by atoms with E-state index < -0.39 is 28.8 Å². The number of carbonyl (C=O) groups excluding carboxylic acids is 2. The Labute approximate surface area is 178 Å². The Hall–Kier alpha value is -2.15. The Balaban J connectivity index is 2.17. The van der Waals surface area contributed by atoms with Crippen LogP contribution in [0, 0.1) is 17.2 Å². The number of halogens is 1. The Morgan fingerprint density at radius 1 is 1.20 bits per heavy atom. The predicted molar refractivity (Wildman–Crippen MR) is 113 cm³/mol. The van der Waals surface area contributed by atoms with Gasteiger partial charge in [-0.15, -0.1) is 0 Å². The van der Waals surface area contributed by atoms with Crippen LogP contribution in [0.3, 0.4) is 0 Å². The summed E-state index contributed by atoms with van der Waals surface area (Å²) in [6, 6.07) is 5.12. The van der Waals surface area contributed by atoms with E-state index in [-0.39, 0.29) is 17.6 Å². The molecule has 0 aromatic heterocycles. The molecule has 1 saturated heterocycles. The SMILES string of the molecule is CC(C)C(NC(=O)OC(C)(C)C)C(=O)N1CCC(O)(c2ccc(F)cc2)C(C)(C)C1. The van der Waals surface area contributed by atoms with Gasteiger partial charge < -0.3 is 20.1 Å². The van der Waals surface area contributed by atoms with Crippen molar-refractivity contribution in [3.63, 3.8) is 0 Å². The summed E-state index contributed by atoms with van der Waals surface area (Å²) in [6.45, 7) is 13.4. The van der Waals surface area contributed by atoms with Crippen LogP contribution in [0.25, 0.3) is 0 Å². The van der Waals surface area contributed by atoms with Crippen LogP contribution in [-0.4, -0.2) is 46.7 Å². The summed E-state index contributed by atoms with van der Waals surface area (Å²) in [5.74, 6) is -0.697. The van der Waals surface area contributed by atoms with Gasteiger partial charge in [0.2, 0.25) is 5.91 Å². The number of amides is 2. The number of nitrogens with zero attached hydrogens (tertiary/aromatic N) is 1. The number of piperidine rings is 1. The Bertz CT molecular complexity index is 770. The highest BCUT2D eigenvalue weighted by molar-refractivity contribution is 5.86. The summed E-state index contributed by atoms with van der Waals surface area (Å²) in [6.07, 6.45) is -0.317. The van der Waals surface area contributed by atoms with Gasteiger partial charge in [-0.05, 0) is 50.8 Å². The Morgan fingerprint density at radius 2 is 1.77 bits per heavy atom. The molecule has 0 spiro atoms. The van der Waals surface area contributed by atoms with Gasteiger partial charge in [0.1, 0.15) is 17.5 Å². The van der Waals surface area contributed by atoms with Gasteiger partial charge in [-0.1, -0.05) is 39.8 Å². The normalized spacial score (nSPS) is 22.5. The maximum Gasteiger partial charge on any atom is 0.408 e. The van der Waals surface area contributed by atoms with Crippen LogP contribution in [0.2, 0.25) is 0 Å². The molecule has 1 aliphatic rings. The third-order valence-electron chi connectivity index (χ3n) is 5.69. The number of hydrogen-bond donors (Lipinski definition) is 2. The summed E-state index contributed by atoms with van der Waals surface area (Å²) >= 11 is 0. The highest BCUT2D eigenvalue weighted by Gasteiger charge is 2.50. The van der Waals surface area contributed by atoms with Crippen LogP contribution in [0.1, 0.15) is 60.5 Å². The van der Waals surface area contributed by atoms with Gasteiger partial charge >= 0.3 is 6.09 Å². The number of likely N-dealkylation sites (tertiary alicyclic amines) is 1. The minimum absolute atomic E-state index is 0.133. The largest absolute Gasteiger partial charge is 0.444 e. The minimum atomic E-state index is -1.19. The van der Waals surface area contributed by atoms with Crippen molar-refractivity contribution in [2.45, 2.75) is 72.1 Å². The highest BCUT2D eigenvalue weighted by Crippen LogP contribution is 2.46. The molecule has 1 aromatic rings. The average molecular weight is 423 g/mol. The van der Waals surface area contributed by atoms with E-state index in [9.17, 15) is 19.1 Å². The van der Waals surface area contributed by atoms with Crippen LogP contribution in [0.5, 0.6) is 0 Å². The zero-order valence-corrected chi connectivity index (χ0v) is 19.1. The first kappa shape index (κ1) is 24.1. The molecule has 7 heteroatoms. The fourth-order valence-corrected chi connectivity index (χ4v) is 3.92. The summed E-state index contributed by atoms with van der Waals surface area (Å²) in [7, 11) is 0.